The van der Waals surface area contributed by atoms with Crippen LogP contribution in [0.4, 0.5) is 44.4 Å². The summed E-state index contributed by atoms with van der Waals surface area (Å²) in [6.45, 7) is 5.28. The second kappa shape index (κ2) is 12.6. The average molecular weight is 652 g/mol. The molecule has 2 aliphatic rings. The SMILES string of the molecule is CC(C)(C)OC(=O)Nc1oc2cc(CN3CC(F)C3)cnc2c1C(=O)Nc1cnccc1N1C[C@@H](NC(=O)O)C[C@@H](C(F)(F)F)C1. The summed E-state index contributed by atoms with van der Waals surface area (Å²) >= 11 is 0. The molecule has 3 amide bonds. The Kier molecular flexibility index (Phi) is 8.97. The number of alkyl halides is 4. The van der Waals surface area contributed by atoms with E-state index < -0.39 is 61.0 Å². The minimum absolute atomic E-state index is 0.0251. The number of nitrogens with zero attached hydrogens (tertiary/aromatic N) is 4. The second-order valence-electron chi connectivity index (χ2n) is 12.3. The van der Waals surface area contributed by atoms with Crippen molar-refractivity contribution in [3.8, 4) is 0 Å². The fourth-order valence-electron chi connectivity index (χ4n) is 5.45. The fraction of sp³-hybridized carbons (Fsp3) is 0.483. The van der Waals surface area contributed by atoms with Gasteiger partial charge in [0, 0.05) is 45.1 Å². The monoisotopic (exact) mass is 651 g/mol. The van der Waals surface area contributed by atoms with Crippen molar-refractivity contribution in [3.63, 3.8) is 0 Å². The molecule has 0 radical (unpaired) electrons. The van der Waals surface area contributed by atoms with E-state index >= 15 is 0 Å². The molecule has 13 nitrogen and oxygen atoms in total. The summed E-state index contributed by atoms with van der Waals surface area (Å²) < 4.78 is 65.9. The Morgan fingerprint density at radius 2 is 1.85 bits per heavy atom. The summed E-state index contributed by atoms with van der Waals surface area (Å²) in [4.78, 5) is 49.3. The number of piperidine rings is 1. The number of anilines is 3. The number of carbonyl (C=O) groups is 3. The molecule has 4 N–H and O–H groups in total. The highest BCUT2D eigenvalue weighted by Gasteiger charge is 2.45. The standard InChI is InChI=1S/C29H33F4N7O6/c1-28(2,3)46-27(44)38-25-22(23-21(45-25)6-15(8-35-23)10-39-12-17(30)13-39)24(41)37-19-9-34-5-4-20(19)40-11-16(29(31,32)33)7-18(14-40)36-26(42)43/h4-6,8-9,16-18,36H,7,10-14H2,1-3H3,(H,37,41)(H,38,44)(H,42,43)/t16-,18+/m1/s1. The van der Waals surface area contributed by atoms with Gasteiger partial charge in [-0.2, -0.15) is 13.2 Å². The molecule has 0 aromatic carbocycles. The van der Waals surface area contributed by atoms with Crippen LogP contribution in [0.5, 0.6) is 0 Å². The van der Waals surface area contributed by atoms with Gasteiger partial charge in [-0.15, -0.1) is 0 Å². The first kappa shape index (κ1) is 32.7. The van der Waals surface area contributed by atoms with Gasteiger partial charge in [0.1, 0.15) is 22.9 Å². The molecule has 0 bridgehead atoms. The highest BCUT2D eigenvalue weighted by atomic mass is 19.4. The van der Waals surface area contributed by atoms with Gasteiger partial charge >= 0.3 is 18.4 Å². The molecule has 2 aliphatic heterocycles. The zero-order valence-electron chi connectivity index (χ0n) is 25.2. The van der Waals surface area contributed by atoms with Crippen molar-refractivity contribution in [2.75, 3.05) is 41.7 Å². The van der Waals surface area contributed by atoms with Crippen LogP contribution >= 0.6 is 0 Å². The number of nitrogens with one attached hydrogen (secondary N) is 3. The van der Waals surface area contributed by atoms with Crippen LogP contribution in [0, 0.1) is 5.92 Å². The Labute approximate surface area is 260 Å². The zero-order valence-corrected chi connectivity index (χ0v) is 25.2. The number of likely N-dealkylation sites (tertiary alicyclic amines) is 1. The summed E-state index contributed by atoms with van der Waals surface area (Å²) in [5, 5.41) is 16.4. The summed E-state index contributed by atoms with van der Waals surface area (Å²) in [6.07, 6.45) is -4.25. The first-order valence-corrected chi connectivity index (χ1v) is 14.4. The number of rotatable bonds is 7. The minimum Gasteiger partial charge on any atom is -0.465 e. The van der Waals surface area contributed by atoms with Gasteiger partial charge in [-0.25, -0.2) is 14.0 Å². The highest BCUT2D eigenvalue weighted by Crippen LogP contribution is 2.38. The molecular weight excluding hydrogens is 618 g/mol. The number of halogens is 4. The molecule has 248 valence electrons. The van der Waals surface area contributed by atoms with Gasteiger partial charge in [-0.1, -0.05) is 0 Å². The molecule has 46 heavy (non-hydrogen) atoms. The van der Waals surface area contributed by atoms with E-state index in [0.717, 1.165) is 0 Å². The van der Waals surface area contributed by atoms with Gasteiger partial charge in [0.2, 0.25) is 5.88 Å². The van der Waals surface area contributed by atoms with E-state index in [1.807, 2.05) is 4.90 Å². The number of fused-ring (bicyclic) bond motifs is 1. The maximum atomic E-state index is 13.8. The summed E-state index contributed by atoms with van der Waals surface area (Å²) in [5.41, 5.74) is 0.0158. The number of furan rings is 1. The van der Waals surface area contributed by atoms with Crippen molar-refractivity contribution in [2.45, 2.75) is 57.7 Å². The Morgan fingerprint density at radius 1 is 1.11 bits per heavy atom. The van der Waals surface area contributed by atoms with Crippen LogP contribution in [0.25, 0.3) is 11.1 Å². The first-order chi connectivity index (χ1) is 21.6. The van der Waals surface area contributed by atoms with Crippen LogP contribution in [0.2, 0.25) is 0 Å². The third kappa shape index (κ3) is 7.75. The highest BCUT2D eigenvalue weighted by molar-refractivity contribution is 6.16. The van der Waals surface area contributed by atoms with Crippen LogP contribution in [0.3, 0.4) is 0 Å². The maximum Gasteiger partial charge on any atom is 0.414 e. The predicted molar refractivity (Wildman–Crippen MR) is 158 cm³/mol. The van der Waals surface area contributed by atoms with Crippen molar-refractivity contribution < 1.29 is 46.2 Å². The first-order valence-electron chi connectivity index (χ1n) is 14.4. The van der Waals surface area contributed by atoms with Crippen LogP contribution in [0.15, 0.2) is 35.1 Å². The molecule has 0 aliphatic carbocycles. The Morgan fingerprint density at radius 3 is 2.50 bits per heavy atom. The van der Waals surface area contributed by atoms with Gasteiger partial charge in [0.25, 0.3) is 5.91 Å². The molecule has 3 aromatic rings. The number of carboxylic acid groups (broad SMARTS) is 1. The van der Waals surface area contributed by atoms with E-state index in [1.54, 1.807) is 26.8 Å². The smallest absolute Gasteiger partial charge is 0.414 e. The lowest BCUT2D eigenvalue weighted by molar-refractivity contribution is -0.177. The normalized spacial score (nSPS) is 19.4. The molecule has 17 heteroatoms. The van der Waals surface area contributed by atoms with E-state index in [1.165, 1.54) is 29.6 Å². The van der Waals surface area contributed by atoms with Gasteiger partial charge in [0.05, 0.1) is 29.5 Å². The van der Waals surface area contributed by atoms with Crippen molar-refractivity contribution in [2.24, 2.45) is 5.92 Å². The molecule has 5 heterocycles. The van der Waals surface area contributed by atoms with Gasteiger partial charge in [0.15, 0.2) is 5.58 Å². The van der Waals surface area contributed by atoms with Crippen LogP contribution in [-0.4, -0.2) is 88.2 Å². The van der Waals surface area contributed by atoms with Crippen molar-refractivity contribution in [1.82, 2.24) is 20.2 Å². The third-order valence-electron chi connectivity index (χ3n) is 7.37. The molecule has 2 fully saturated rings. The minimum atomic E-state index is -4.60. The molecule has 0 spiro atoms. The molecule has 2 atom stereocenters. The van der Waals surface area contributed by atoms with E-state index in [0.29, 0.717) is 12.1 Å². The lowest BCUT2D eigenvalue weighted by Gasteiger charge is -2.40. The lowest BCUT2D eigenvalue weighted by Crippen LogP contribution is -2.53. The summed E-state index contributed by atoms with van der Waals surface area (Å²) in [7, 11) is 0. The molecule has 0 saturated carbocycles. The summed E-state index contributed by atoms with van der Waals surface area (Å²) in [6, 6.07) is 1.98. The number of amides is 3. The van der Waals surface area contributed by atoms with E-state index in [2.05, 4.69) is 25.9 Å². The Balaban J connectivity index is 1.46. The van der Waals surface area contributed by atoms with Crippen LogP contribution < -0.4 is 20.9 Å². The number of aromatic nitrogens is 2. The van der Waals surface area contributed by atoms with Crippen LogP contribution in [-0.2, 0) is 11.3 Å². The van der Waals surface area contributed by atoms with Crippen LogP contribution in [0.1, 0.15) is 43.1 Å². The van der Waals surface area contributed by atoms with Crippen molar-refractivity contribution >= 4 is 46.5 Å². The average Bonchev–Trinajstić information content (AvgIpc) is 3.27. The topological polar surface area (TPSA) is 162 Å². The molecule has 0 unspecified atom stereocenters. The Hall–Kier alpha value is -4.67. The lowest BCUT2D eigenvalue weighted by atomic mass is 9.93. The fourth-order valence-corrected chi connectivity index (χ4v) is 5.45. The number of hydrogen-bond donors (Lipinski definition) is 4. The second-order valence-corrected chi connectivity index (χ2v) is 12.3. The van der Waals surface area contributed by atoms with Crippen molar-refractivity contribution in [1.29, 1.82) is 0 Å². The van der Waals surface area contributed by atoms with Crippen molar-refractivity contribution in [3.05, 3.63) is 41.9 Å². The molecule has 2 saturated heterocycles. The van der Waals surface area contributed by atoms with Gasteiger partial charge in [-0.3, -0.25) is 25.0 Å². The molecular formula is C29H33F4N7O6. The van der Waals surface area contributed by atoms with E-state index in [-0.39, 0.29) is 53.6 Å². The number of hydrogen-bond acceptors (Lipinski definition) is 9. The van der Waals surface area contributed by atoms with E-state index in [9.17, 15) is 31.9 Å². The van der Waals surface area contributed by atoms with E-state index in [4.69, 9.17) is 14.3 Å². The Bertz CT molecular complexity index is 1620. The van der Waals surface area contributed by atoms with Gasteiger partial charge in [-0.05, 0) is 44.9 Å². The molecule has 3 aromatic heterocycles. The largest absolute Gasteiger partial charge is 0.465 e. The number of pyridine rings is 2. The quantitative estimate of drug-likeness (QED) is 0.256. The third-order valence-corrected chi connectivity index (χ3v) is 7.37. The predicted octanol–water partition coefficient (Wildman–Crippen LogP) is 5.00. The molecule has 5 rings (SSSR count). The number of ether oxygens (including phenoxy) is 1. The maximum absolute atomic E-state index is 13.8. The number of carbonyl (C=O) groups excluding carboxylic acids is 2. The summed E-state index contributed by atoms with van der Waals surface area (Å²) in [5.74, 6) is -2.96. The zero-order chi connectivity index (χ0) is 33.4. The van der Waals surface area contributed by atoms with Gasteiger partial charge < -0.3 is 29.8 Å².